The van der Waals surface area contributed by atoms with Gasteiger partial charge in [-0.3, -0.25) is 4.40 Å². The van der Waals surface area contributed by atoms with Gasteiger partial charge in [-0.1, -0.05) is 0 Å². The lowest BCUT2D eigenvalue weighted by Gasteiger charge is -2.14. The lowest BCUT2D eigenvalue weighted by atomic mass is 10.3. The second-order valence-corrected chi connectivity index (χ2v) is 5.80. The van der Waals surface area contributed by atoms with E-state index in [1.807, 2.05) is 0 Å². The molecule has 0 atom stereocenters. The first-order valence-corrected chi connectivity index (χ1v) is 7.56. The van der Waals surface area contributed by atoms with Crippen LogP contribution in [0, 0.1) is 6.92 Å². The van der Waals surface area contributed by atoms with Gasteiger partial charge in [-0.2, -0.15) is 0 Å². The molecule has 0 bridgehead atoms. The molecular weight excluding hydrogens is 244 g/mol. The van der Waals surface area contributed by atoms with Crippen LogP contribution in [0.3, 0.4) is 0 Å². The molecule has 1 aliphatic rings. The maximum Gasteiger partial charge on any atom is 0.194 e. The molecule has 98 valence electrons. The Bertz CT molecular complexity index is 510. The van der Waals surface area contributed by atoms with Gasteiger partial charge in [0.2, 0.25) is 0 Å². The van der Waals surface area contributed by atoms with Crippen LogP contribution in [0.5, 0.6) is 0 Å². The van der Waals surface area contributed by atoms with E-state index in [1.165, 1.54) is 38.2 Å². The largest absolute Gasteiger partial charge is 0.310 e. The summed E-state index contributed by atoms with van der Waals surface area (Å²) in [5.74, 6) is 0. The van der Waals surface area contributed by atoms with E-state index in [4.69, 9.17) is 0 Å². The Morgan fingerprint density at radius 3 is 3.06 bits per heavy atom. The lowest BCUT2D eigenvalue weighted by molar-refractivity contribution is 0.335. The van der Waals surface area contributed by atoms with Crippen LogP contribution in [-0.4, -0.2) is 40.5 Å². The highest BCUT2D eigenvalue weighted by Gasteiger charge is 2.11. The van der Waals surface area contributed by atoms with Crippen LogP contribution in [0.1, 0.15) is 24.2 Å². The number of thiazole rings is 1. The second kappa shape index (κ2) is 5.38. The van der Waals surface area contributed by atoms with Gasteiger partial charge < -0.3 is 10.2 Å². The third-order valence-electron chi connectivity index (χ3n) is 3.66. The van der Waals surface area contributed by atoms with Gasteiger partial charge in [0, 0.05) is 31.2 Å². The van der Waals surface area contributed by atoms with Gasteiger partial charge in [-0.15, -0.1) is 11.3 Å². The third-order valence-corrected chi connectivity index (χ3v) is 4.41. The molecule has 1 N–H and O–H groups in total. The topological polar surface area (TPSA) is 32.6 Å². The van der Waals surface area contributed by atoms with Crippen molar-refractivity contribution in [3.63, 3.8) is 0 Å². The van der Waals surface area contributed by atoms with Crippen molar-refractivity contribution in [1.82, 2.24) is 19.6 Å². The Morgan fingerprint density at radius 2 is 2.22 bits per heavy atom. The van der Waals surface area contributed by atoms with Crippen LogP contribution < -0.4 is 5.32 Å². The highest BCUT2D eigenvalue weighted by Crippen LogP contribution is 2.16. The van der Waals surface area contributed by atoms with E-state index in [1.54, 1.807) is 11.3 Å². The van der Waals surface area contributed by atoms with E-state index in [0.717, 1.165) is 23.7 Å². The highest BCUT2D eigenvalue weighted by atomic mass is 32.1. The zero-order chi connectivity index (χ0) is 12.4. The summed E-state index contributed by atoms with van der Waals surface area (Å²) in [7, 11) is 0. The van der Waals surface area contributed by atoms with Gasteiger partial charge in [0.15, 0.2) is 4.96 Å². The molecule has 0 unspecified atom stereocenters. The summed E-state index contributed by atoms with van der Waals surface area (Å²) >= 11 is 1.70. The van der Waals surface area contributed by atoms with Crippen molar-refractivity contribution in [2.45, 2.75) is 26.3 Å². The molecule has 0 aliphatic carbocycles. The monoisotopic (exact) mass is 264 g/mol. The van der Waals surface area contributed by atoms with E-state index < -0.39 is 0 Å². The summed E-state index contributed by atoms with van der Waals surface area (Å²) < 4.78 is 2.20. The van der Waals surface area contributed by atoms with Crippen molar-refractivity contribution in [3.05, 3.63) is 23.0 Å². The molecule has 2 aromatic rings. The number of nitrogens with zero attached hydrogens (tertiary/aromatic N) is 3. The first-order chi connectivity index (χ1) is 8.84. The van der Waals surface area contributed by atoms with E-state index in [9.17, 15) is 0 Å². The minimum Gasteiger partial charge on any atom is -0.310 e. The van der Waals surface area contributed by atoms with Gasteiger partial charge >= 0.3 is 0 Å². The summed E-state index contributed by atoms with van der Waals surface area (Å²) in [5, 5.41) is 5.63. The predicted molar refractivity (Wildman–Crippen MR) is 75.2 cm³/mol. The Kier molecular flexibility index (Phi) is 3.63. The van der Waals surface area contributed by atoms with Crippen molar-refractivity contribution < 1.29 is 0 Å². The fourth-order valence-corrected chi connectivity index (χ4v) is 3.38. The number of rotatable bonds is 5. The molecule has 3 rings (SSSR count). The van der Waals surface area contributed by atoms with E-state index in [2.05, 4.69) is 38.1 Å². The van der Waals surface area contributed by atoms with Crippen molar-refractivity contribution >= 4 is 16.3 Å². The van der Waals surface area contributed by atoms with Crippen LogP contribution in [0.4, 0.5) is 0 Å². The average molecular weight is 264 g/mol. The molecule has 18 heavy (non-hydrogen) atoms. The second-order valence-electron chi connectivity index (χ2n) is 4.93. The fourth-order valence-electron chi connectivity index (χ4n) is 2.60. The van der Waals surface area contributed by atoms with Crippen molar-refractivity contribution in [2.24, 2.45) is 0 Å². The zero-order valence-electron chi connectivity index (χ0n) is 10.9. The number of aromatic nitrogens is 2. The Morgan fingerprint density at radius 1 is 1.39 bits per heavy atom. The van der Waals surface area contributed by atoms with Gasteiger partial charge in [0.25, 0.3) is 0 Å². The van der Waals surface area contributed by atoms with E-state index >= 15 is 0 Å². The van der Waals surface area contributed by atoms with Crippen LogP contribution in [0.25, 0.3) is 4.96 Å². The Balaban J connectivity index is 1.52. The number of hydrogen-bond donors (Lipinski definition) is 1. The molecule has 1 aliphatic heterocycles. The molecule has 0 amide bonds. The quantitative estimate of drug-likeness (QED) is 0.837. The van der Waals surface area contributed by atoms with Crippen molar-refractivity contribution in [2.75, 3.05) is 26.2 Å². The average Bonchev–Trinajstić information content (AvgIpc) is 3.03. The molecule has 3 heterocycles. The molecule has 2 aromatic heterocycles. The van der Waals surface area contributed by atoms with Gasteiger partial charge in [-0.05, 0) is 32.9 Å². The first kappa shape index (κ1) is 12.1. The molecule has 0 spiro atoms. The highest BCUT2D eigenvalue weighted by molar-refractivity contribution is 7.15. The van der Waals surface area contributed by atoms with E-state index in [0.29, 0.717) is 0 Å². The number of hydrogen-bond acceptors (Lipinski definition) is 4. The smallest absolute Gasteiger partial charge is 0.194 e. The molecule has 4 nitrogen and oxygen atoms in total. The minimum atomic E-state index is 0.914. The van der Waals surface area contributed by atoms with Gasteiger partial charge in [0.05, 0.1) is 11.4 Å². The van der Waals surface area contributed by atoms with Crippen molar-refractivity contribution in [1.29, 1.82) is 0 Å². The molecule has 5 heteroatoms. The molecular formula is C13H20N4S. The summed E-state index contributed by atoms with van der Waals surface area (Å²) in [5.41, 5.74) is 2.45. The summed E-state index contributed by atoms with van der Waals surface area (Å²) in [6.07, 6.45) is 4.85. The normalized spacial score (nSPS) is 16.9. The zero-order valence-corrected chi connectivity index (χ0v) is 11.7. The molecule has 0 saturated carbocycles. The van der Waals surface area contributed by atoms with Crippen LogP contribution >= 0.6 is 11.3 Å². The van der Waals surface area contributed by atoms with Gasteiger partial charge in [-0.25, -0.2) is 4.98 Å². The first-order valence-electron chi connectivity index (χ1n) is 6.69. The number of nitrogens with one attached hydrogen (secondary N) is 1. The maximum atomic E-state index is 4.56. The maximum absolute atomic E-state index is 4.56. The number of aryl methyl sites for hydroxylation is 1. The Hall–Kier alpha value is -0.910. The predicted octanol–water partition coefficient (Wildman–Crippen LogP) is 1.89. The van der Waals surface area contributed by atoms with E-state index in [-0.39, 0.29) is 0 Å². The summed E-state index contributed by atoms with van der Waals surface area (Å²) in [6, 6.07) is 0. The lowest BCUT2D eigenvalue weighted by Crippen LogP contribution is -2.30. The molecule has 1 fully saturated rings. The number of fused-ring (bicyclic) bond motifs is 1. The Labute approximate surface area is 112 Å². The van der Waals surface area contributed by atoms with Gasteiger partial charge in [0.1, 0.15) is 0 Å². The summed E-state index contributed by atoms with van der Waals surface area (Å²) in [6.45, 7) is 7.81. The molecule has 1 saturated heterocycles. The van der Waals surface area contributed by atoms with Crippen molar-refractivity contribution in [3.8, 4) is 0 Å². The minimum absolute atomic E-state index is 0.914. The van der Waals surface area contributed by atoms with Crippen LogP contribution in [-0.2, 0) is 6.54 Å². The SMILES string of the molecule is Cc1nc2sccn2c1CNCCN1CCCC1. The fraction of sp³-hybridized carbons (Fsp3) is 0.615. The number of likely N-dealkylation sites (tertiary alicyclic amines) is 1. The standard InChI is InChI=1S/C13H20N4S/c1-11-12(17-8-9-18-13(17)15-11)10-14-4-7-16-5-2-3-6-16/h8-9,14H,2-7,10H2,1H3. The molecule has 0 radical (unpaired) electrons. The molecule has 0 aromatic carbocycles. The van der Waals surface area contributed by atoms with Crippen LogP contribution in [0.2, 0.25) is 0 Å². The summed E-state index contributed by atoms with van der Waals surface area (Å²) in [4.78, 5) is 8.20. The van der Waals surface area contributed by atoms with Crippen LogP contribution in [0.15, 0.2) is 11.6 Å². The number of imidazole rings is 1. The third kappa shape index (κ3) is 2.43.